The molecule has 0 aromatic heterocycles. The Morgan fingerprint density at radius 2 is 1.93 bits per heavy atom. The van der Waals surface area contributed by atoms with Gasteiger partial charge in [0.05, 0.1) is 24.7 Å². The van der Waals surface area contributed by atoms with Gasteiger partial charge in [0.2, 0.25) is 5.91 Å². The molecule has 1 aromatic rings. The van der Waals surface area contributed by atoms with Crippen LogP contribution in [0.4, 0.5) is 13.2 Å². The minimum absolute atomic E-state index is 0.0177. The molecular weight excluding hydrogens is 383 g/mol. The van der Waals surface area contributed by atoms with Crippen LogP contribution in [0.3, 0.4) is 0 Å². The highest BCUT2D eigenvalue weighted by Crippen LogP contribution is 2.49. The van der Waals surface area contributed by atoms with Crippen molar-refractivity contribution in [3.8, 4) is 5.75 Å². The van der Waals surface area contributed by atoms with Crippen LogP contribution in [-0.4, -0.2) is 42.2 Å². The van der Waals surface area contributed by atoms with Gasteiger partial charge in [0.15, 0.2) is 0 Å². The van der Waals surface area contributed by atoms with Crippen molar-refractivity contribution in [2.75, 3.05) is 26.3 Å². The lowest BCUT2D eigenvalue weighted by molar-refractivity contribution is -0.151. The van der Waals surface area contributed by atoms with Crippen LogP contribution < -0.4 is 4.74 Å². The topological polar surface area (TPSA) is 49.8 Å². The summed E-state index contributed by atoms with van der Waals surface area (Å²) in [6.07, 6.45) is -0.346. The molecule has 1 aliphatic heterocycles. The molecule has 2 fully saturated rings. The third-order valence-corrected chi connectivity index (χ3v) is 6.55. The van der Waals surface area contributed by atoms with Gasteiger partial charge in [0.25, 0.3) is 0 Å². The molecule has 1 aliphatic carbocycles. The zero-order valence-electron chi connectivity index (χ0n) is 17.1. The summed E-state index contributed by atoms with van der Waals surface area (Å²) in [7, 11) is 0. The van der Waals surface area contributed by atoms with Crippen molar-refractivity contribution in [3.63, 3.8) is 0 Å². The van der Waals surface area contributed by atoms with Gasteiger partial charge in [-0.05, 0) is 62.6 Å². The number of alkyl halides is 3. The van der Waals surface area contributed by atoms with Gasteiger partial charge in [0, 0.05) is 18.5 Å². The van der Waals surface area contributed by atoms with E-state index in [1.165, 1.54) is 12.1 Å². The molecule has 1 aromatic carbocycles. The molecule has 2 aliphatic rings. The van der Waals surface area contributed by atoms with Gasteiger partial charge in [-0.3, -0.25) is 4.79 Å². The molecule has 1 spiro atoms. The Labute approximate surface area is 170 Å². The molecule has 1 saturated carbocycles. The monoisotopic (exact) mass is 413 g/mol. The SMILES string of the molecule is CCOc1ccc(C2CCC3(CC2)CN(C(=O)[C@H](CC)CO)C3)cc1C(F)(F)F. The summed E-state index contributed by atoms with van der Waals surface area (Å²) >= 11 is 0. The van der Waals surface area contributed by atoms with Crippen molar-refractivity contribution in [1.82, 2.24) is 4.90 Å². The Morgan fingerprint density at radius 3 is 2.45 bits per heavy atom. The fraction of sp³-hybridized carbons (Fsp3) is 0.682. The number of ether oxygens (including phenoxy) is 1. The fourth-order valence-electron chi connectivity index (χ4n) is 4.74. The number of amides is 1. The van der Waals surface area contributed by atoms with Crippen LogP contribution in [0, 0.1) is 11.3 Å². The lowest BCUT2D eigenvalue weighted by Gasteiger charge is -2.54. The minimum Gasteiger partial charge on any atom is -0.493 e. The molecule has 0 bridgehead atoms. The first-order valence-corrected chi connectivity index (χ1v) is 10.5. The Bertz CT molecular complexity index is 715. The summed E-state index contributed by atoms with van der Waals surface area (Å²) in [4.78, 5) is 14.2. The molecule has 162 valence electrons. The Kier molecular flexibility index (Phi) is 6.46. The quantitative estimate of drug-likeness (QED) is 0.741. The second-order valence-corrected chi connectivity index (χ2v) is 8.44. The van der Waals surface area contributed by atoms with Crippen molar-refractivity contribution in [1.29, 1.82) is 0 Å². The molecule has 1 saturated heterocycles. The number of rotatable bonds is 6. The third kappa shape index (κ3) is 4.55. The van der Waals surface area contributed by atoms with Crippen molar-refractivity contribution in [2.24, 2.45) is 11.3 Å². The Hall–Kier alpha value is -1.76. The van der Waals surface area contributed by atoms with Crippen LogP contribution in [0.15, 0.2) is 18.2 Å². The summed E-state index contributed by atoms with van der Waals surface area (Å²) in [6, 6.07) is 4.44. The van der Waals surface area contributed by atoms with Gasteiger partial charge in [-0.15, -0.1) is 0 Å². The summed E-state index contributed by atoms with van der Waals surface area (Å²) in [5.74, 6) is -0.320. The number of likely N-dealkylation sites (tertiary alicyclic amines) is 1. The van der Waals surface area contributed by atoms with E-state index >= 15 is 0 Å². The van der Waals surface area contributed by atoms with E-state index in [0.717, 1.165) is 25.7 Å². The highest BCUT2D eigenvalue weighted by atomic mass is 19.4. The molecule has 0 unspecified atom stereocenters. The lowest BCUT2D eigenvalue weighted by Crippen LogP contribution is -2.60. The number of benzene rings is 1. The summed E-state index contributed by atoms with van der Waals surface area (Å²) in [6.45, 7) is 5.04. The zero-order valence-corrected chi connectivity index (χ0v) is 17.1. The van der Waals surface area contributed by atoms with E-state index in [1.807, 2.05) is 11.8 Å². The molecule has 7 heteroatoms. The third-order valence-electron chi connectivity index (χ3n) is 6.55. The first-order chi connectivity index (χ1) is 13.7. The molecule has 1 heterocycles. The van der Waals surface area contributed by atoms with Crippen molar-refractivity contribution in [2.45, 2.75) is 58.0 Å². The fourth-order valence-corrected chi connectivity index (χ4v) is 4.74. The van der Waals surface area contributed by atoms with Crippen LogP contribution in [0.1, 0.15) is 63.0 Å². The van der Waals surface area contributed by atoms with Gasteiger partial charge in [-0.2, -0.15) is 13.2 Å². The summed E-state index contributed by atoms with van der Waals surface area (Å²) in [5.41, 5.74) is 0.110. The number of aliphatic hydroxyl groups is 1. The second-order valence-electron chi connectivity index (χ2n) is 8.44. The number of carbonyl (C=O) groups is 1. The largest absolute Gasteiger partial charge is 0.493 e. The van der Waals surface area contributed by atoms with Crippen LogP contribution >= 0.6 is 0 Å². The first kappa shape index (κ1) is 21.9. The maximum Gasteiger partial charge on any atom is 0.419 e. The van der Waals surface area contributed by atoms with E-state index in [1.54, 1.807) is 13.0 Å². The Balaban J connectivity index is 1.63. The molecule has 1 amide bonds. The summed E-state index contributed by atoms with van der Waals surface area (Å²) < 4.78 is 45.4. The second kappa shape index (κ2) is 8.54. The molecular formula is C22H30F3NO3. The van der Waals surface area contributed by atoms with E-state index in [2.05, 4.69) is 0 Å². The minimum atomic E-state index is -4.44. The molecule has 29 heavy (non-hydrogen) atoms. The van der Waals surface area contributed by atoms with Gasteiger partial charge in [-0.25, -0.2) is 0 Å². The zero-order chi connectivity index (χ0) is 21.2. The number of halogens is 3. The predicted molar refractivity (Wildman–Crippen MR) is 104 cm³/mol. The maximum atomic E-state index is 13.4. The standard InChI is InChI=1S/C22H30F3NO3/c1-3-15(12-27)20(28)26-13-21(14-26)9-7-16(8-10-21)17-5-6-19(29-4-2)18(11-17)22(23,24)25/h5-6,11,15-16,27H,3-4,7-10,12-14H2,1-2H3/t15-/m1/s1. The molecule has 4 nitrogen and oxygen atoms in total. The average molecular weight is 413 g/mol. The lowest BCUT2D eigenvalue weighted by atomic mass is 9.64. The molecule has 0 radical (unpaired) electrons. The van der Waals surface area contributed by atoms with Gasteiger partial charge < -0.3 is 14.7 Å². The smallest absolute Gasteiger partial charge is 0.419 e. The maximum absolute atomic E-state index is 13.4. The number of hydrogen-bond acceptors (Lipinski definition) is 3. The van der Waals surface area contributed by atoms with E-state index in [4.69, 9.17) is 4.74 Å². The van der Waals surface area contributed by atoms with Crippen LogP contribution in [0.2, 0.25) is 0 Å². The van der Waals surface area contributed by atoms with Gasteiger partial charge >= 0.3 is 6.18 Å². The molecule has 3 rings (SSSR count). The Morgan fingerprint density at radius 1 is 1.28 bits per heavy atom. The normalized spacial score (nSPS) is 20.4. The number of nitrogens with zero attached hydrogens (tertiary/aromatic N) is 1. The highest BCUT2D eigenvalue weighted by molar-refractivity contribution is 5.80. The van der Waals surface area contributed by atoms with Crippen LogP contribution in [0.25, 0.3) is 0 Å². The predicted octanol–water partition coefficient (Wildman–Crippen LogP) is 4.61. The van der Waals surface area contributed by atoms with Crippen LogP contribution in [0.5, 0.6) is 5.75 Å². The van der Waals surface area contributed by atoms with E-state index < -0.39 is 11.7 Å². The highest BCUT2D eigenvalue weighted by Gasteiger charge is 2.48. The number of hydrogen-bond donors (Lipinski definition) is 1. The molecule has 1 atom stereocenters. The van der Waals surface area contributed by atoms with E-state index in [-0.39, 0.29) is 42.1 Å². The van der Waals surface area contributed by atoms with Crippen molar-refractivity contribution >= 4 is 5.91 Å². The summed E-state index contributed by atoms with van der Waals surface area (Å²) in [5, 5.41) is 9.32. The van der Waals surface area contributed by atoms with Crippen LogP contribution in [-0.2, 0) is 11.0 Å². The number of carbonyl (C=O) groups excluding carboxylic acids is 1. The molecule has 1 N–H and O–H groups in total. The van der Waals surface area contributed by atoms with Crippen molar-refractivity contribution in [3.05, 3.63) is 29.3 Å². The van der Waals surface area contributed by atoms with E-state index in [9.17, 15) is 23.1 Å². The van der Waals surface area contributed by atoms with Gasteiger partial charge in [0.1, 0.15) is 5.75 Å². The van der Waals surface area contributed by atoms with Gasteiger partial charge in [-0.1, -0.05) is 13.0 Å². The first-order valence-electron chi connectivity index (χ1n) is 10.5. The average Bonchev–Trinajstić information content (AvgIpc) is 2.67. The van der Waals surface area contributed by atoms with E-state index in [0.29, 0.717) is 25.1 Å². The number of aliphatic hydroxyl groups excluding tert-OH is 1. The van der Waals surface area contributed by atoms with Crippen molar-refractivity contribution < 1.29 is 27.8 Å².